The second-order valence-electron chi connectivity index (χ2n) is 6.52. The third-order valence-corrected chi connectivity index (χ3v) is 4.97. The van der Waals surface area contributed by atoms with Crippen LogP contribution in [-0.2, 0) is 0 Å². The Morgan fingerprint density at radius 2 is 2.21 bits per heavy atom. The number of hydroxylamine groups is 1. The summed E-state index contributed by atoms with van der Waals surface area (Å²) >= 11 is 5.77. The third-order valence-electron chi connectivity index (χ3n) is 4.68. The topological polar surface area (TPSA) is 104 Å². The summed E-state index contributed by atoms with van der Waals surface area (Å²) in [6, 6.07) is 5.32. The minimum absolute atomic E-state index is 0.139. The number of H-pyrrole nitrogens is 1. The fourth-order valence-electron chi connectivity index (χ4n) is 2.99. The van der Waals surface area contributed by atoms with Gasteiger partial charge in [0, 0.05) is 24.8 Å². The van der Waals surface area contributed by atoms with Gasteiger partial charge >= 0.3 is 0 Å². The molecule has 3 heterocycles. The number of benzene rings is 1. The fourth-order valence-corrected chi connectivity index (χ4v) is 3.16. The SMILES string of the molecule is N=C(c1ccnc2nc(NCCN3CCC3)[nH]c12)N(O)c1ccc(F)c(Cl)c1. The highest BCUT2D eigenvalue weighted by molar-refractivity contribution is 6.31. The van der Waals surface area contributed by atoms with Crippen LogP contribution in [0.4, 0.5) is 16.0 Å². The summed E-state index contributed by atoms with van der Waals surface area (Å²) in [5.41, 5.74) is 1.52. The van der Waals surface area contributed by atoms with Crippen molar-refractivity contribution in [3.63, 3.8) is 0 Å². The number of likely N-dealkylation sites (tertiary alicyclic amines) is 1. The maximum Gasteiger partial charge on any atom is 0.202 e. The quantitative estimate of drug-likeness (QED) is 0.286. The zero-order valence-corrected chi connectivity index (χ0v) is 15.7. The van der Waals surface area contributed by atoms with E-state index in [1.807, 2.05) is 0 Å². The van der Waals surface area contributed by atoms with Crippen LogP contribution in [0.3, 0.4) is 0 Å². The molecule has 0 spiro atoms. The number of imidazole rings is 1. The van der Waals surface area contributed by atoms with Crippen molar-refractivity contribution in [1.29, 1.82) is 5.41 Å². The van der Waals surface area contributed by atoms with Gasteiger partial charge in [-0.1, -0.05) is 11.6 Å². The highest BCUT2D eigenvalue weighted by Gasteiger charge is 2.19. The van der Waals surface area contributed by atoms with E-state index < -0.39 is 5.82 Å². The Hall–Kier alpha value is -2.75. The molecule has 1 aliphatic rings. The fraction of sp³-hybridized carbons (Fsp3) is 0.278. The van der Waals surface area contributed by atoms with Gasteiger partial charge in [0.2, 0.25) is 5.95 Å². The van der Waals surface area contributed by atoms with E-state index in [0.717, 1.165) is 32.2 Å². The summed E-state index contributed by atoms with van der Waals surface area (Å²) in [6.45, 7) is 3.94. The van der Waals surface area contributed by atoms with Crippen molar-refractivity contribution in [2.24, 2.45) is 0 Å². The standard InChI is InChI=1S/C18H19ClFN7O/c19-13-10-11(2-3-14(13)20)27(28)16(21)12-4-5-22-17-15(12)24-18(25-17)23-6-9-26-7-1-8-26/h2-5,10,21,28H,1,6-9H2,(H2,22,23,24,25). The first-order valence-electron chi connectivity index (χ1n) is 8.87. The lowest BCUT2D eigenvalue weighted by Gasteiger charge is -2.30. The number of aromatic amines is 1. The van der Waals surface area contributed by atoms with Gasteiger partial charge in [-0.2, -0.15) is 4.98 Å². The molecule has 0 saturated carbocycles. The average Bonchev–Trinajstić information content (AvgIpc) is 3.07. The first kappa shape index (κ1) is 18.6. The molecular weight excluding hydrogens is 385 g/mol. The van der Waals surface area contributed by atoms with Crippen LogP contribution in [0.15, 0.2) is 30.5 Å². The second-order valence-corrected chi connectivity index (χ2v) is 6.93. The van der Waals surface area contributed by atoms with Gasteiger partial charge in [-0.15, -0.1) is 0 Å². The third kappa shape index (κ3) is 3.64. The van der Waals surface area contributed by atoms with Crippen LogP contribution in [-0.4, -0.2) is 57.1 Å². The lowest BCUT2D eigenvalue weighted by Crippen LogP contribution is -2.40. The van der Waals surface area contributed by atoms with Crippen LogP contribution in [0.5, 0.6) is 0 Å². The van der Waals surface area contributed by atoms with E-state index in [0.29, 0.717) is 27.7 Å². The van der Waals surface area contributed by atoms with Crippen molar-refractivity contribution in [3.05, 3.63) is 46.9 Å². The number of nitrogens with zero attached hydrogens (tertiary/aromatic N) is 4. The molecule has 4 N–H and O–H groups in total. The lowest BCUT2D eigenvalue weighted by atomic mass is 10.2. The number of aromatic nitrogens is 3. The Labute approximate surface area is 165 Å². The van der Waals surface area contributed by atoms with Crippen LogP contribution in [0.1, 0.15) is 12.0 Å². The van der Waals surface area contributed by atoms with Crippen molar-refractivity contribution in [2.75, 3.05) is 36.6 Å². The van der Waals surface area contributed by atoms with Gasteiger partial charge in [0.1, 0.15) is 5.82 Å². The molecule has 0 unspecified atom stereocenters. The molecule has 1 aromatic carbocycles. The summed E-state index contributed by atoms with van der Waals surface area (Å²) < 4.78 is 13.4. The zero-order chi connectivity index (χ0) is 19.7. The molecule has 28 heavy (non-hydrogen) atoms. The van der Waals surface area contributed by atoms with E-state index in [-0.39, 0.29) is 16.5 Å². The first-order chi connectivity index (χ1) is 13.5. The number of hydrogen-bond donors (Lipinski definition) is 4. The molecule has 1 aliphatic heterocycles. The highest BCUT2D eigenvalue weighted by atomic mass is 35.5. The summed E-state index contributed by atoms with van der Waals surface area (Å²) in [4.78, 5) is 14.1. The molecule has 4 rings (SSSR count). The molecule has 1 fully saturated rings. The first-order valence-corrected chi connectivity index (χ1v) is 9.24. The van der Waals surface area contributed by atoms with E-state index in [2.05, 4.69) is 25.2 Å². The number of amidine groups is 1. The number of hydrogen-bond acceptors (Lipinski definition) is 6. The van der Waals surface area contributed by atoms with Crippen LogP contribution >= 0.6 is 11.6 Å². The van der Waals surface area contributed by atoms with Gasteiger partial charge in [0.05, 0.1) is 16.2 Å². The Morgan fingerprint density at radius 1 is 1.39 bits per heavy atom. The normalized spacial score (nSPS) is 14.1. The maximum absolute atomic E-state index is 13.4. The maximum atomic E-state index is 13.4. The molecule has 0 bridgehead atoms. The smallest absolute Gasteiger partial charge is 0.202 e. The number of nitrogens with one attached hydrogen (secondary N) is 3. The van der Waals surface area contributed by atoms with Crippen molar-refractivity contribution in [3.8, 4) is 0 Å². The Morgan fingerprint density at radius 3 is 2.93 bits per heavy atom. The molecule has 2 aromatic heterocycles. The molecule has 3 aromatic rings. The highest BCUT2D eigenvalue weighted by Crippen LogP contribution is 2.24. The lowest BCUT2D eigenvalue weighted by molar-refractivity contribution is 0.189. The molecule has 0 aliphatic carbocycles. The number of fused-ring (bicyclic) bond motifs is 1. The predicted molar refractivity (Wildman–Crippen MR) is 106 cm³/mol. The van der Waals surface area contributed by atoms with Gasteiger partial charge in [0.15, 0.2) is 11.5 Å². The van der Waals surface area contributed by atoms with Crippen LogP contribution in [0.25, 0.3) is 11.2 Å². The number of pyridine rings is 1. The number of halogens is 2. The van der Waals surface area contributed by atoms with E-state index in [4.69, 9.17) is 17.0 Å². The summed E-state index contributed by atoms with van der Waals surface area (Å²) in [6.07, 6.45) is 2.76. The zero-order valence-electron chi connectivity index (χ0n) is 14.9. The minimum atomic E-state index is -0.598. The van der Waals surface area contributed by atoms with E-state index >= 15 is 0 Å². The monoisotopic (exact) mass is 403 g/mol. The van der Waals surface area contributed by atoms with Crippen LogP contribution in [0.2, 0.25) is 5.02 Å². The summed E-state index contributed by atoms with van der Waals surface area (Å²) in [5.74, 6) is -0.261. The van der Waals surface area contributed by atoms with Crippen LogP contribution in [0, 0.1) is 11.2 Å². The minimum Gasteiger partial charge on any atom is -0.354 e. The van der Waals surface area contributed by atoms with Gasteiger partial charge in [-0.05, 0) is 43.8 Å². The Kier molecular flexibility index (Phi) is 5.12. The van der Waals surface area contributed by atoms with Gasteiger partial charge in [0.25, 0.3) is 0 Å². The van der Waals surface area contributed by atoms with Crippen molar-refractivity contribution in [2.45, 2.75) is 6.42 Å². The molecule has 10 heteroatoms. The molecule has 146 valence electrons. The van der Waals surface area contributed by atoms with Gasteiger partial charge < -0.3 is 15.2 Å². The molecule has 0 radical (unpaired) electrons. The summed E-state index contributed by atoms with van der Waals surface area (Å²) in [7, 11) is 0. The van der Waals surface area contributed by atoms with Crippen molar-refractivity contribution in [1.82, 2.24) is 19.9 Å². The van der Waals surface area contributed by atoms with Gasteiger partial charge in [-0.3, -0.25) is 10.6 Å². The molecular formula is C18H19ClFN7O. The number of anilines is 2. The second kappa shape index (κ2) is 7.70. The number of rotatable bonds is 6. The molecule has 0 atom stereocenters. The van der Waals surface area contributed by atoms with Crippen LogP contribution < -0.4 is 10.4 Å². The summed E-state index contributed by atoms with van der Waals surface area (Å²) in [5, 5.41) is 22.5. The largest absolute Gasteiger partial charge is 0.354 e. The van der Waals surface area contributed by atoms with Gasteiger partial charge in [-0.25, -0.2) is 14.4 Å². The average molecular weight is 404 g/mol. The van der Waals surface area contributed by atoms with Crippen molar-refractivity contribution < 1.29 is 9.60 Å². The van der Waals surface area contributed by atoms with E-state index in [1.54, 1.807) is 6.07 Å². The molecule has 0 amide bonds. The van der Waals surface area contributed by atoms with E-state index in [1.165, 1.54) is 24.8 Å². The Balaban J connectivity index is 1.54. The van der Waals surface area contributed by atoms with E-state index in [9.17, 15) is 9.60 Å². The Bertz CT molecular complexity index is 1020. The molecule has 8 nitrogen and oxygen atoms in total. The van der Waals surface area contributed by atoms with Crippen molar-refractivity contribution >= 4 is 40.2 Å². The molecule has 1 saturated heterocycles. The predicted octanol–water partition coefficient (Wildman–Crippen LogP) is 3.09.